The van der Waals surface area contributed by atoms with E-state index in [1.807, 2.05) is 41.3 Å². The van der Waals surface area contributed by atoms with Gasteiger partial charge in [-0.2, -0.15) is 0 Å². The van der Waals surface area contributed by atoms with E-state index in [2.05, 4.69) is 27.2 Å². The number of hydrogen-bond donors (Lipinski definition) is 1. The molecule has 3 heterocycles. The Balaban J connectivity index is 0.000000173. The van der Waals surface area contributed by atoms with Gasteiger partial charge in [-0.05, 0) is 61.4 Å². The highest BCUT2D eigenvalue weighted by atomic mass is 35.5. The molecule has 1 N–H and O–H groups in total. The number of hydrogen-bond acceptors (Lipinski definition) is 6. The lowest BCUT2D eigenvalue weighted by molar-refractivity contribution is -0.117. The van der Waals surface area contributed by atoms with Crippen molar-refractivity contribution in [2.75, 3.05) is 85.0 Å². The van der Waals surface area contributed by atoms with Gasteiger partial charge in [0.2, 0.25) is 11.8 Å². The van der Waals surface area contributed by atoms with Crippen LogP contribution in [0.5, 0.6) is 0 Å². The SMILES string of the molecule is O=C(CCCCl)Nc1ccc(N2CCOCC2)cc1.O=C1CCCN1c1ccc(N2CCOCC2)cc1. The van der Waals surface area contributed by atoms with Crippen LogP contribution in [0.1, 0.15) is 25.7 Å². The van der Waals surface area contributed by atoms with Crippen LogP contribution >= 0.6 is 11.6 Å². The van der Waals surface area contributed by atoms with E-state index in [-0.39, 0.29) is 11.8 Å². The second-order valence-electron chi connectivity index (χ2n) is 9.25. The van der Waals surface area contributed by atoms with Crippen LogP contribution in [0.15, 0.2) is 48.5 Å². The highest BCUT2D eigenvalue weighted by molar-refractivity contribution is 6.18. The van der Waals surface area contributed by atoms with E-state index in [4.69, 9.17) is 21.1 Å². The maximum absolute atomic E-state index is 11.7. The lowest BCUT2D eigenvalue weighted by Crippen LogP contribution is -2.36. The first-order chi connectivity index (χ1) is 18.1. The molecule has 200 valence electrons. The Morgan fingerprint density at radius 1 is 0.784 bits per heavy atom. The van der Waals surface area contributed by atoms with E-state index < -0.39 is 0 Å². The third-order valence-corrected chi connectivity index (χ3v) is 6.94. The Bertz CT molecular complexity index is 990. The first-order valence-corrected chi connectivity index (χ1v) is 13.7. The summed E-state index contributed by atoms with van der Waals surface area (Å²) in [6.45, 7) is 7.73. The van der Waals surface area contributed by atoms with E-state index >= 15 is 0 Å². The van der Waals surface area contributed by atoms with Crippen molar-refractivity contribution in [3.8, 4) is 0 Å². The lowest BCUT2D eigenvalue weighted by Gasteiger charge is -2.29. The topological polar surface area (TPSA) is 74.4 Å². The van der Waals surface area contributed by atoms with Crippen LogP contribution < -0.4 is 20.0 Å². The maximum Gasteiger partial charge on any atom is 0.227 e. The summed E-state index contributed by atoms with van der Waals surface area (Å²) in [4.78, 5) is 29.7. The van der Waals surface area contributed by atoms with Crippen molar-refractivity contribution in [2.24, 2.45) is 0 Å². The Morgan fingerprint density at radius 2 is 1.30 bits per heavy atom. The van der Waals surface area contributed by atoms with Gasteiger partial charge in [0.15, 0.2) is 0 Å². The molecule has 2 aromatic carbocycles. The second kappa shape index (κ2) is 14.2. The Hall–Kier alpha value is -2.81. The molecule has 0 atom stereocenters. The number of carbonyl (C=O) groups is 2. The van der Waals surface area contributed by atoms with Gasteiger partial charge < -0.3 is 29.5 Å². The quantitative estimate of drug-likeness (QED) is 0.545. The summed E-state index contributed by atoms with van der Waals surface area (Å²) in [6.07, 6.45) is 2.84. The number of anilines is 4. The van der Waals surface area contributed by atoms with Crippen LogP contribution in [-0.2, 0) is 19.1 Å². The Kier molecular flexibility index (Phi) is 10.5. The number of morpholine rings is 2. The summed E-state index contributed by atoms with van der Waals surface area (Å²) >= 11 is 5.56. The number of alkyl halides is 1. The standard InChI is InChI=1S/C14H19ClN2O2.C14H18N2O2/c15-7-1-2-14(18)16-12-3-5-13(6-4-12)17-8-10-19-11-9-17;17-14-2-1-7-16(14)13-5-3-12(4-6-13)15-8-10-18-11-9-15/h3-6H,1-2,7-11H2,(H,16,18);3-6H,1-2,7-11H2. The lowest BCUT2D eigenvalue weighted by atomic mass is 10.2. The number of nitrogens with one attached hydrogen (secondary N) is 1. The van der Waals surface area contributed by atoms with Gasteiger partial charge in [0, 0.05) is 74.2 Å². The van der Waals surface area contributed by atoms with Gasteiger partial charge in [-0.3, -0.25) is 9.59 Å². The van der Waals surface area contributed by atoms with E-state index in [1.54, 1.807) is 0 Å². The zero-order valence-corrected chi connectivity index (χ0v) is 22.1. The van der Waals surface area contributed by atoms with Crippen LogP contribution in [0.4, 0.5) is 22.7 Å². The molecule has 0 aliphatic carbocycles. The first-order valence-electron chi connectivity index (χ1n) is 13.2. The Labute approximate surface area is 224 Å². The predicted octanol–water partition coefficient (Wildman–Crippen LogP) is 4.13. The fraction of sp³-hybridized carbons (Fsp3) is 0.500. The average Bonchev–Trinajstić information content (AvgIpc) is 3.39. The minimum atomic E-state index is 0.0137. The molecule has 3 aliphatic rings. The van der Waals surface area contributed by atoms with Crippen LogP contribution in [0.3, 0.4) is 0 Å². The average molecular weight is 529 g/mol. The molecule has 0 radical (unpaired) electrons. The van der Waals surface area contributed by atoms with Crippen molar-refractivity contribution in [3.05, 3.63) is 48.5 Å². The van der Waals surface area contributed by atoms with Crippen LogP contribution in [-0.4, -0.2) is 76.8 Å². The molecule has 0 aromatic heterocycles. The third-order valence-electron chi connectivity index (χ3n) is 6.68. The van der Waals surface area contributed by atoms with E-state index in [0.29, 0.717) is 25.1 Å². The Morgan fingerprint density at radius 3 is 1.78 bits per heavy atom. The zero-order chi connectivity index (χ0) is 25.9. The van der Waals surface area contributed by atoms with Gasteiger partial charge in [0.1, 0.15) is 0 Å². The van der Waals surface area contributed by atoms with Gasteiger partial charge in [0.25, 0.3) is 0 Å². The van der Waals surface area contributed by atoms with Crippen molar-refractivity contribution in [3.63, 3.8) is 0 Å². The van der Waals surface area contributed by atoms with Crippen LogP contribution in [0.2, 0.25) is 0 Å². The molecule has 8 nitrogen and oxygen atoms in total. The number of amides is 2. The molecule has 3 saturated heterocycles. The number of benzene rings is 2. The van der Waals surface area contributed by atoms with Gasteiger partial charge in [-0.1, -0.05) is 0 Å². The number of halogens is 1. The van der Waals surface area contributed by atoms with Crippen molar-refractivity contribution < 1.29 is 19.1 Å². The van der Waals surface area contributed by atoms with Crippen LogP contribution in [0.25, 0.3) is 0 Å². The van der Waals surface area contributed by atoms with Crippen molar-refractivity contribution in [1.82, 2.24) is 0 Å². The van der Waals surface area contributed by atoms with Gasteiger partial charge in [0.05, 0.1) is 26.4 Å². The zero-order valence-electron chi connectivity index (χ0n) is 21.4. The molecule has 5 rings (SSSR count). The van der Waals surface area contributed by atoms with Crippen molar-refractivity contribution >= 4 is 46.2 Å². The summed E-state index contributed by atoms with van der Waals surface area (Å²) < 4.78 is 10.7. The second-order valence-corrected chi connectivity index (χ2v) is 9.63. The van der Waals surface area contributed by atoms with Crippen molar-refractivity contribution in [1.29, 1.82) is 0 Å². The summed E-state index contributed by atoms with van der Waals surface area (Å²) in [5.41, 5.74) is 4.24. The molecule has 0 saturated carbocycles. The molecule has 2 aromatic rings. The molecule has 0 unspecified atom stereocenters. The largest absolute Gasteiger partial charge is 0.378 e. The molecule has 3 fully saturated rings. The van der Waals surface area contributed by atoms with Crippen molar-refractivity contribution in [2.45, 2.75) is 25.7 Å². The highest BCUT2D eigenvalue weighted by Crippen LogP contribution is 2.25. The number of ether oxygens (including phenoxy) is 2. The normalized spacial score (nSPS) is 17.9. The molecule has 9 heteroatoms. The fourth-order valence-electron chi connectivity index (χ4n) is 4.61. The van der Waals surface area contributed by atoms with Gasteiger partial charge >= 0.3 is 0 Å². The first kappa shape index (κ1) is 27.2. The smallest absolute Gasteiger partial charge is 0.227 e. The molecule has 37 heavy (non-hydrogen) atoms. The fourth-order valence-corrected chi connectivity index (χ4v) is 4.75. The van der Waals surface area contributed by atoms with E-state index in [1.165, 1.54) is 11.4 Å². The van der Waals surface area contributed by atoms with Crippen LogP contribution in [0, 0.1) is 0 Å². The molecule has 0 bridgehead atoms. The number of nitrogens with zero attached hydrogens (tertiary/aromatic N) is 3. The van der Waals surface area contributed by atoms with E-state index in [0.717, 1.165) is 76.9 Å². The minimum absolute atomic E-state index is 0.0137. The minimum Gasteiger partial charge on any atom is -0.378 e. The molecule has 3 aliphatic heterocycles. The maximum atomic E-state index is 11.7. The molecular weight excluding hydrogens is 492 g/mol. The molecular formula is C28H37ClN4O4. The van der Waals surface area contributed by atoms with E-state index in [9.17, 15) is 9.59 Å². The highest BCUT2D eigenvalue weighted by Gasteiger charge is 2.21. The molecule has 2 amide bonds. The predicted molar refractivity (Wildman–Crippen MR) is 149 cm³/mol. The number of carbonyl (C=O) groups excluding carboxylic acids is 2. The number of rotatable bonds is 7. The summed E-state index contributed by atoms with van der Waals surface area (Å²) in [7, 11) is 0. The van der Waals surface area contributed by atoms with Gasteiger partial charge in [-0.15, -0.1) is 11.6 Å². The molecule has 0 spiro atoms. The van der Waals surface area contributed by atoms with Gasteiger partial charge in [-0.25, -0.2) is 0 Å². The summed E-state index contributed by atoms with van der Waals surface area (Å²) in [5, 5.41) is 2.87. The summed E-state index contributed by atoms with van der Waals surface area (Å²) in [6, 6.07) is 16.2. The monoisotopic (exact) mass is 528 g/mol. The summed E-state index contributed by atoms with van der Waals surface area (Å²) in [5.74, 6) is 0.775. The third kappa shape index (κ3) is 8.09.